The second kappa shape index (κ2) is 9.30. The number of alkyl halides is 3. The van der Waals surface area contributed by atoms with Gasteiger partial charge in [0.1, 0.15) is 11.5 Å². The fourth-order valence-corrected chi connectivity index (χ4v) is 5.33. The normalized spacial score (nSPS) is 19.3. The fourth-order valence-electron chi connectivity index (χ4n) is 5.33. The molecule has 0 radical (unpaired) electrons. The molecule has 4 aromatic rings. The van der Waals surface area contributed by atoms with Crippen molar-refractivity contribution in [1.82, 2.24) is 25.1 Å². The number of carbonyl (C=O) groups is 1. The first kappa shape index (κ1) is 24.2. The number of halogens is 3. The molecule has 6 rings (SSSR count). The Morgan fingerprint density at radius 3 is 2.68 bits per heavy atom. The fraction of sp³-hybridized carbons (Fsp3) is 0.333. The zero-order valence-corrected chi connectivity index (χ0v) is 20.5. The van der Waals surface area contributed by atoms with Crippen molar-refractivity contribution >= 4 is 22.6 Å². The van der Waals surface area contributed by atoms with Crippen LogP contribution in [0.1, 0.15) is 53.3 Å². The largest absolute Gasteiger partial charge is 0.488 e. The van der Waals surface area contributed by atoms with E-state index in [0.29, 0.717) is 43.6 Å². The molecular weight excluding hydrogens is 497 g/mol. The molecule has 2 N–H and O–H groups in total. The van der Waals surface area contributed by atoms with E-state index in [2.05, 4.69) is 20.6 Å². The minimum Gasteiger partial charge on any atom is -0.488 e. The van der Waals surface area contributed by atoms with Crippen LogP contribution in [0, 0.1) is 0 Å². The lowest BCUT2D eigenvalue weighted by Gasteiger charge is -2.30. The standard InChI is InChI=1S/C27H25F3N6O2/c1-31-23-12-21-20(14-33-23)24(15-4-9-19-16(11-15)13-34-26(19)37)35-36(21)17-5-7-18(8-6-17)38-22-3-2-10-32-25(22)27(28,29)30/h2-4,9-12,14,17-18H,5-8,13H2,1H3,(H,31,33)(H,34,37)/t17-,18+. The van der Waals surface area contributed by atoms with E-state index in [1.54, 1.807) is 13.2 Å². The summed E-state index contributed by atoms with van der Waals surface area (Å²) >= 11 is 0. The van der Waals surface area contributed by atoms with Crippen LogP contribution in [0.25, 0.3) is 22.2 Å². The Morgan fingerprint density at radius 2 is 1.92 bits per heavy atom. The second-order valence-corrected chi connectivity index (χ2v) is 9.58. The van der Waals surface area contributed by atoms with Crippen molar-refractivity contribution in [2.45, 2.75) is 50.6 Å². The first-order chi connectivity index (χ1) is 18.3. The van der Waals surface area contributed by atoms with Gasteiger partial charge in [-0.15, -0.1) is 0 Å². The van der Waals surface area contributed by atoms with Crippen LogP contribution in [0.5, 0.6) is 5.75 Å². The molecule has 2 aliphatic rings. The van der Waals surface area contributed by atoms with E-state index in [-0.39, 0.29) is 23.8 Å². The molecule has 3 aromatic heterocycles. The minimum absolute atomic E-state index is 0.0480. The van der Waals surface area contributed by atoms with Gasteiger partial charge in [0.25, 0.3) is 5.91 Å². The molecule has 0 bridgehead atoms. The summed E-state index contributed by atoms with van der Waals surface area (Å²) in [6.07, 6.45) is 0.578. The molecule has 1 aliphatic carbocycles. The summed E-state index contributed by atoms with van der Waals surface area (Å²) in [5.74, 6) is 0.404. The van der Waals surface area contributed by atoms with E-state index < -0.39 is 11.9 Å². The summed E-state index contributed by atoms with van der Waals surface area (Å²) in [6.45, 7) is 0.486. The highest BCUT2D eigenvalue weighted by Gasteiger charge is 2.37. The zero-order valence-electron chi connectivity index (χ0n) is 20.5. The van der Waals surface area contributed by atoms with Crippen molar-refractivity contribution in [3.63, 3.8) is 0 Å². The molecule has 1 amide bonds. The Labute approximate surface area is 216 Å². The highest BCUT2D eigenvalue weighted by molar-refractivity contribution is 6.00. The Bertz CT molecular complexity index is 1530. The lowest BCUT2D eigenvalue weighted by molar-refractivity contribution is -0.143. The predicted molar refractivity (Wildman–Crippen MR) is 135 cm³/mol. The van der Waals surface area contributed by atoms with Gasteiger partial charge in [-0.05, 0) is 55.5 Å². The van der Waals surface area contributed by atoms with Crippen molar-refractivity contribution < 1.29 is 22.7 Å². The van der Waals surface area contributed by atoms with Crippen molar-refractivity contribution in [2.75, 3.05) is 12.4 Å². The van der Waals surface area contributed by atoms with E-state index >= 15 is 0 Å². The molecule has 4 heterocycles. The van der Waals surface area contributed by atoms with Crippen molar-refractivity contribution in [3.05, 3.63) is 65.6 Å². The van der Waals surface area contributed by atoms with E-state index in [0.717, 1.165) is 33.9 Å². The van der Waals surface area contributed by atoms with Gasteiger partial charge in [-0.1, -0.05) is 6.07 Å². The quantitative estimate of drug-likeness (QED) is 0.367. The summed E-state index contributed by atoms with van der Waals surface area (Å²) in [5.41, 5.74) is 3.21. The van der Waals surface area contributed by atoms with E-state index in [1.165, 1.54) is 12.1 Å². The number of ether oxygens (including phenoxy) is 1. The number of hydrogen-bond acceptors (Lipinski definition) is 6. The third-order valence-corrected chi connectivity index (χ3v) is 7.23. The highest BCUT2D eigenvalue weighted by Crippen LogP contribution is 2.39. The molecular formula is C27H25F3N6O2. The van der Waals surface area contributed by atoms with Crippen molar-refractivity contribution in [3.8, 4) is 17.0 Å². The van der Waals surface area contributed by atoms with Gasteiger partial charge in [0.15, 0.2) is 11.4 Å². The molecule has 0 unspecified atom stereocenters. The Balaban J connectivity index is 1.28. The molecule has 0 atom stereocenters. The average Bonchev–Trinajstić information content (AvgIpc) is 3.48. The smallest absolute Gasteiger partial charge is 0.437 e. The number of hydrogen-bond donors (Lipinski definition) is 2. The first-order valence-electron chi connectivity index (χ1n) is 12.5. The monoisotopic (exact) mass is 522 g/mol. The van der Waals surface area contributed by atoms with Crippen LogP contribution in [0.4, 0.5) is 19.0 Å². The molecule has 196 valence electrons. The van der Waals surface area contributed by atoms with Gasteiger partial charge < -0.3 is 15.4 Å². The number of anilines is 1. The van der Waals surface area contributed by atoms with Crippen molar-refractivity contribution in [2.24, 2.45) is 0 Å². The SMILES string of the molecule is CNc1cc2c(cn1)c(-c1ccc3c(c1)CNC3=O)nn2[C@H]1CC[C@@H](Oc2cccnc2C(F)(F)F)CC1. The molecule has 0 spiro atoms. The highest BCUT2D eigenvalue weighted by atomic mass is 19.4. The maximum atomic E-state index is 13.3. The Hall–Kier alpha value is -4.15. The third kappa shape index (κ3) is 4.31. The van der Waals surface area contributed by atoms with Crippen molar-refractivity contribution in [1.29, 1.82) is 0 Å². The summed E-state index contributed by atoms with van der Waals surface area (Å²) in [6, 6.07) is 10.5. The number of aromatic nitrogens is 4. The Kier molecular flexibility index (Phi) is 5.93. The number of fused-ring (bicyclic) bond motifs is 2. The van der Waals surface area contributed by atoms with Gasteiger partial charge in [-0.25, -0.2) is 9.97 Å². The molecule has 0 saturated heterocycles. The number of amides is 1. The number of pyridine rings is 2. The molecule has 1 aromatic carbocycles. The van der Waals surface area contributed by atoms with Crippen LogP contribution < -0.4 is 15.4 Å². The van der Waals surface area contributed by atoms with Gasteiger partial charge in [-0.2, -0.15) is 18.3 Å². The summed E-state index contributed by atoms with van der Waals surface area (Å²) in [5, 5.41) is 11.8. The zero-order chi connectivity index (χ0) is 26.4. The summed E-state index contributed by atoms with van der Waals surface area (Å²) in [4.78, 5) is 20.0. The Morgan fingerprint density at radius 1 is 1.11 bits per heavy atom. The van der Waals surface area contributed by atoms with Gasteiger partial charge in [0.2, 0.25) is 0 Å². The molecule has 38 heavy (non-hydrogen) atoms. The predicted octanol–water partition coefficient (Wildman–Crippen LogP) is 5.36. The van der Waals surface area contributed by atoms with E-state index in [4.69, 9.17) is 9.84 Å². The van der Waals surface area contributed by atoms with Gasteiger partial charge >= 0.3 is 6.18 Å². The number of nitrogens with one attached hydrogen (secondary N) is 2. The van der Waals surface area contributed by atoms with E-state index in [1.807, 2.05) is 28.9 Å². The van der Waals surface area contributed by atoms with Crippen LogP contribution in [0.3, 0.4) is 0 Å². The van der Waals surface area contributed by atoms with Gasteiger partial charge in [-0.3, -0.25) is 9.48 Å². The van der Waals surface area contributed by atoms with Gasteiger partial charge in [0, 0.05) is 48.6 Å². The number of rotatable bonds is 5. The molecule has 11 heteroatoms. The third-order valence-electron chi connectivity index (χ3n) is 7.23. The van der Waals surface area contributed by atoms with E-state index in [9.17, 15) is 18.0 Å². The minimum atomic E-state index is -4.57. The number of benzene rings is 1. The molecule has 1 saturated carbocycles. The maximum Gasteiger partial charge on any atom is 0.437 e. The summed E-state index contributed by atoms with van der Waals surface area (Å²) in [7, 11) is 1.80. The van der Waals surface area contributed by atoms with Crippen LogP contribution in [-0.2, 0) is 12.7 Å². The second-order valence-electron chi connectivity index (χ2n) is 9.58. The first-order valence-corrected chi connectivity index (χ1v) is 12.5. The topological polar surface area (TPSA) is 94.0 Å². The molecule has 1 aliphatic heterocycles. The lowest BCUT2D eigenvalue weighted by atomic mass is 9.93. The number of nitrogens with zero attached hydrogens (tertiary/aromatic N) is 4. The maximum absolute atomic E-state index is 13.3. The van der Waals surface area contributed by atoms with Crippen LogP contribution in [-0.4, -0.2) is 38.8 Å². The van der Waals surface area contributed by atoms with Crippen LogP contribution >= 0.6 is 0 Å². The molecule has 1 fully saturated rings. The molecule has 8 nitrogen and oxygen atoms in total. The average molecular weight is 523 g/mol. The van der Waals surface area contributed by atoms with Crippen LogP contribution in [0.2, 0.25) is 0 Å². The van der Waals surface area contributed by atoms with Crippen LogP contribution in [0.15, 0.2) is 48.8 Å². The summed E-state index contributed by atoms with van der Waals surface area (Å²) < 4.78 is 47.8. The number of carbonyl (C=O) groups excluding carboxylic acids is 1. The van der Waals surface area contributed by atoms with Gasteiger partial charge in [0.05, 0.1) is 17.7 Å². The lowest BCUT2D eigenvalue weighted by Crippen LogP contribution is -2.27.